The molecule has 1 aliphatic rings. The molecule has 1 aliphatic heterocycles. The van der Waals surface area contributed by atoms with E-state index in [0.717, 1.165) is 31.5 Å². The highest BCUT2D eigenvalue weighted by atomic mass is 16.5. The molecule has 2 rings (SSSR count). The van der Waals surface area contributed by atoms with Crippen LogP contribution in [0.3, 0.4) is 0 Å². The molecule has 1 atom stereocenters. The van der Waals surface area contributed by atoms with Crippen LogP contribution in [-0.2, 0) is 9.53 Å². The number of rotatable bonds is 5. The van der Waals surface area contributed by atoms with Gasteiger partial charge in [-0.25, -0.2) is 0 Å². The molecule has 1 aromatic rings. The highest BCUT2D eigenvalue weighted by Gasteiger charge is 2.27. The van der Waals surface area contributed by atoms with Crippen molar-refractivity contribution < 1.29 is 9.53 Å². The molecule has 4 nitrogen and oxygen atoms in total. The van der Waals surface area contributed by atoms with E-state index in [0.29, 0.717) is 12.6 Å². The Labute approximate surface area is 127 Å². The first kappa shape index (κ1) is 16.0. The van der Waals surface area contributed by atoms with Gasteiger partial charge in [-0.15, -0.1) is 0 Å². The predicted molar refractivity (Wildman–Crippen MR) is 84.3 cm³/mol. The lowest BCUT2D eigenvalue weighted by molar-refractivity contribution is -0.143. The highest BCUT2D eigenvalue weighted by molar-refractivity contribution is 5.78. The second-order valence-corrected chi connectivity index (χ2v) is 5.96. The zero-order chi connectivity index (χ0) is 15.2. The summed E-state index contributed by atoms with van der Waals surface area (Å²) in [4.78, 5) is 16.8. The second kappa shape index (κ2) is 7.57. The van der Waals surface area contributed by atoms with Crippen LogP contribution in [0.1, 0.15) is 24.3 Å². The van der Waals surface area contributed by atoms with Crippen LogP contribution in [0, 0.1) is 0 Å². The summed E-state index contributed by atoms with van der Waals surface area (Å²) in [6.45, 7) is 2.97. The normalized spacial score (nSPS) is 18.7. The third-order valence-electron chi connectivity index (χ3n) is 4.47. The van der Waals surface area contributed by atoms with Gasteiger partial charge >= 0.3 is 5.97 Å². The van der Waals surface area contributed by atoms with Crippen molar-refractivity contribution in [3.8, 4) is 0 Å². The molecule has 21 heavy (non-hydrogen) atoms. The van der Waals surface area contributed by atoms with Gasteiger partial charge in [-0.1, -0.05) is 30.3 Å². The Morgan fingerprint density at radius 2 is 1.95 bits per heavy atom. The molecule has 116 valence electrons. The van der Waals surface area contributed by atoms with Gasteiger partial charge in [0.15, 0.2) is 0 Å². The quantitative estimate of drug-likeness (QED) is 0.776. The summed E-state index contributed by atoms with van der Waals surface area (Å²) in [6.07, 6.45) is 2.32. The van der Waals surface area contributed by atoms with Crippen LogP contribution in [0.5, 0.6) is 0 Å². The summed E-state index contributed by atoms with van der Waals surface area (Å²) in [7, 11) is 5.75. The predicted octanol–water partition coefficient (Wildman–Crippen LogP) is 1.97. The Hall–Kier alpha value is -1.39. The van der Waals surface area contributed by atoms with E-state index in [-0.39, 0.29) is 11.9 Å². The zero-order valence-corrected chi connectivity index (χ0v) is 13.3. The maximum absolute atomic E-state index is 12.1. The summed E-state index contributed by atoms with van der Waals surface area (Å²) in [5.41, 5.74) is 1.03. The van der Waals surface area contributed by atoms with Gasteiger partial charge < -0.3 is 14.5 Å². The lowest BCUT2D eigenvalue weighted by Gasteiger charge is -2.36. The van der Waals surface area contributed by atoms with Crippen LogP contribution in [0.25, 0.3) is 0 Å². The molecule has 0 bridgehead atoms. The Morgan fingerprint density at radius 1 is 1.33 bits per heavy atom. The second-order valence-electron chi connectivity index (χ2n) is 5.96. The fourth-order valence-corrected chi connectivity index (χ4v) is 3.02. The zero-order valence-electron chi connectivity index (χ0n) is 13.3. The molecule has 0 N–H and O–H groups in total. The lowest BCUT2D eigenvalue weighted by atomic mass is 9.96. The van der Waals surface area contributed by atoms with Crippen LogP contribution in [-0.4, -0.2) is 62.7 Å². The number of piperidine rings is 1. The van der Waals surface area contributed by atoms with Gasteiger partial charge in [0, 0.05) is 12.6 Å². The number of carbonyl (C=O) groups is 1. The highest BCUT2D eigenvalue weighted by Crippen LogP contribution is 2.22. The van der Waals surface area contributed by atoms with Crippen LogP contribution < -0.4 is 0 Å². The summed E-state index contributed by atoms with van der Waals surface area (Å²) in [5.74, 6) is -0.359. The van der Waals surface area contributed by atoms with Gasteiger partial charge in [-0.2, -0.15) is 0 Å². The van der Waals surface area contributed by atoms with Crippen molar-refractivity contribution >= 4 is 5.97 Å². The summed E-state index contributed by atoms with van der Waals surface area (Å²) >= 11 is 0. The van der Waals surface area contributed by atoms with Gasteiger partial charge in [0.1, 0.15) is 0 Å². The van der Waals surface area contributed by atoms with E-state index in [1.54, 1.807) is 0 Å². The third kappa shape index (κ3) is 4.29. The minimum atomic E-state index is -0.208. The number of nitrogens with zero attached hydrogens (tertiary/aromatic N) is 2. The van der Waals surface area contributed by atoms with Crippen LogP contribution >= 0.6 is 0 Å². The molecule has 0 radical (unpaired) electrons. The number of benzene rings is 1. The van der Waals surface area contributed by atoms with Crippen molar-refractivity contribution in [2.45, 2.75) is 24.8 Å². The number of ether oxygens (including phenoxy) is 1. The molecule has 0 aromatic heterocycles. The van der Waals surface area contributed by atoms with Crippen LogP contribution in [0.15, 0.2) is 30.3 Å². The molecule has 0 saturated carbocycles. The molecule has 0 aliphatic carbocycles. The molecule has 1 saturated heterocycles. The van der Waals surface area contributed by atoms with E-state index < -0.39 is 0 Å². The molecular weight excluding hydrogens is 264 g/mol. The molecule has 4 heteroatoms. The van der Waals surface area contributed by atoms with Gasteiger partial charge in [-0.3, -0.25) is 4.79 Å². The number of esters is 1. The van der Waals surface area contributed by atoms with Gasteiger partial charge in [0.25, 0.3) is 0 Å². The lowest BCUT2D eigenvalue weighted by Crippen LogP contribution is -2.44. The minimum Gasteiger partial charge on any atom is -0.469 e. The van der Waals surface area contributed by atoms with E-state index >= 15 is 0 Å². The fourth-order valence-electron chi connectivity index (χ4n) is 3.02. The smallest absolute Gasteiger partial charge is 0.314 e. The third-order valence-corrected chi connectivity index (χ3v) is 4.47. The maximum atomic E-state index is 12.1. The topological polar surface area (TPSA) is 32.8 Å². The van der Waals surface area contributed by atoms with E-state index in [1.165, 1.54) is 7.11 Å². The number of carbonyl (C=O) groups excluding carboxylic acids is 1. The Kier molecular flexibility index (Phi) is 5.76. The van der Waals surface area contributed by atoms with Crippen molar-refractivity contribution in [3.63, 3.8) is 0 Å². The number of hydrogen-bond acceptors (Lipinski definition) is 4. The van der Waals surface area contributed by atoms with Crippen molar-refractivity contribution in [1.29, 1.82) is 0 Å². The van der Waals surface area contributed by atoms with E-state index in [2.05, 4.69) is 23.9 Å². The maximum Gasteiger partial charge on any atom is 0.314 e. The largest absolute Gasteiger partial charge is 0.469 e. The first-order chi connectivity index (χ1) is 10.1. The van der Waals surface area contributed by atoms with Crippen molar-refractivity contribution in [2.75, 3.05) is 40.8 Å². The number of likely N-dealkylation sites (tertiary alicyclic amines) is 1. The number of likely N-dealkylation sites (N-methyl/N-ethyl adjacent to an activating group) is 1. The SMILES string of the molecule is COC(=O)C(CN(C)C1CCN(C)CC1)c1ccccc1. The Balaban J connectivity index is 2.03. The van der Waals surface area contributed by atoms with Gasteiger partial charge in [0.05, 0.1) is 13.0 Å². The molecule has 1 fully saturated rings. The molecular formula is C17H26N2O2. The molecule has 1 aromatic carbocycles. The Bertz CT molecular complexity index is 441. The average molecular weight is 290 g/mol. The molecule has 0 amide bonds. The molecule has 1 heterocycles. The summed E-state index contributed by atoms with van der Waals surface area (Å²) in [6, 6.07) is 10.5. The average Bonchev–Trinajstić information content (AvgIpc) is 2.53. The summed E-state index contributed by atoms with van der Waals surface area (Å²) < 4.78 is 5.00. The molecule has 0 spiro atoms. The van der Waals surface area contributed by atoms with Crippen molar-refractivity contribution in [3.05, 3.63) is 35.9 Å². The first-order valence-corrected chi connectivity index (χ1v) is 7.63. The standard InChI is InChI=1S/C17H26N2O2/c1-18-11-9-15(10-12-18)19(2)13-16(17(20)21-3)14-7-5-4-6-8-14/h4-8,15-16H,9-13H2,1-3H3. The first-order valence-electron chi connectivity index (χ1n) is 7.63. The summed E-state index contributed by atoms with van der Waals surface area (Å²) in [5, 5.41) is 0. The number of hydrogen-bond donors (Lipinski definition) is 0. The van der Waals surface area contributed by atoms with Crippen molar-refractivity contribution in [1.82, 2.24) is 9.80 Å². The van der Waals surface area contributed by atoms with Gasteiger partial charge in [0.2, 0.25) is 0 Å². The van der Waals surface area contributed by atoms with E-state index in [4.69, 9.17) is 4.74 Å². The number of methoxy groups -OCH3 is 1. The fraction of sp³-hybridized carbons (Fsp3) is 0.588. The monoisotopic (exact) mass is 290 g/mol. The van der Waals surface area contributed by atoms with Gasteiger partial charge in [-0.05, 0) is 45.6 Å². The Morgan fingerprint density at radius 3 is 2.52 bits per heavy atom. The van der Waals surface area contributed by atoms with E-state index in [9.17, 15) is 4.79 Å². The minimum absolute atomic E-state index is 0.152. The van der Waals surface area contributed by atoms with Crippen molar-refractivity contribution in [2.24, 2.45) is 0 Å². The van der Waals surface area contributed by atoms with Crippen LogP contribution in [0.4, 0.5) is 0 Å². The molecule has 1 unspecified atom stereocenters. The van der Waals surface area contributed by atoms with E-state index in [1.807, 2.05) is 30.3 Å². The van der Waals surface area contributed by atoms with Crippen LogP contribution in [0.2, 0.25) is 0 Å².